The molecule has 1 N–H and O–H groups in total. The lowest BCUT2D eigenvalue weighted by molar-refractivity contribution is -0.116. The third-order valence-electron chi connectivity index (χ3n) is 5.10. The van der Waals surface area contributed by atoms with E-state index in [2.05, 4.69) is 16.4 Å². The van der Waals surface area contributed by atoms with E-state index < -0.39 is 0 Å². The molecule has 1 aromatic heterocycles. The smallest absolute Gasteiger partial charge is 0.224 e. The number of carbonyl (C=O) groups excluding carboxylic acids is 1. The van der Waals surface area contributed by atoms with Gasteiger partial charge in [-0.3, -0.25) is 4.79 Å². The predicted octanol–water partition coefficient (Wildman–Crippen LogP) is 4.77. The van der Waals surface area contributed by atoms with Gasteiger partial charge in [0.05, 0.1) is 23.8 Å². The zero-order valence-corrected chi connectivity index (χ0v) is 15.9. The van der Waals surface area contributed by atoms with E-state index in [0.717, 1.165) is 35.5 Å². The summed E-state index contributed by atoms with van der Waals surface area (Å²) in [6.07, 6.45) is 11.5. The number of aryl methyl sites for hydroxylation is 1. The van der Waals surface area contributed by atoms with Crippen molar-refractivity contribution in [3.05, 3.63) is 72.8 Å². The molecule has 5 nitrogen and oxygen atoms in total. The number of imidazole rings is 1. The number of anilines is 1. The van der Waals surface area contributed by atoms with Gasteiger partial charge in [-0.1, -0.05) is 24.3 Å². The van der Waals surface area contributed by atoms with Crippen LogP contribution in [0.5, 0.6) is 5.75 Å². The van der Waals surface area contributed by atoms with Crippen molar-refractivity contribution in [1.82, 2.24) is 9.55 Å². The molecule has 0 atom stereocenters. The van der Waals surface area contributed by atoms with E-state index in [1.54, 1.807) is 12.5 Å². The molecular weight excluding hydrogens is 350 g/mol. The van der Waals surface area contributed by atoms with Gasteiger partial charge in [-0.05, 0) is 61.9 Å². The zero-order valence-electron chi connectivity index (χ0n) is 15.9. The molecule has 1 aliphatic carbocycles. The van der Waals surface area contributed by atoms with Gasteiger partial charge < -0.3 is 14.6 Å². The molecule has 5 heteroatoms. The van der Waals surface area contributed by atoms with E-state index in [4.69, 9.17) is 4.74 Å². The van der Waals surface area contributed by atoms with Gasteiger partial charge in [0.15, 0.2) is 0 Å². The van der Waals surface area contributed by atoms with Crippen LogP contribution >= 0.6 is 0 Å². The topological polar surface area (TPSA) is 56.1 Å². The van der Waals surface area contributed by atoms with Gasteiger partial charge in [0, 0.05) is 18.8 Å². The molecule has 4 rings (SSSR count). The molecule has 3 aromatic rings. The first-order valence-corrected chi connectivity index (χ1v) is 9.91. The summed E-state index contributed by atoms with van der Waals surface area (Å²) in [5, 5.41) is 3.02. The van der Waals surface area contributed by atoms with Crippen molar-refractivity contribution < 1.29 is 9.53 Å². The van der Waals surface area contributed by atoms with Crippen LogP contribution in [0.2, 0.25) is 0 Å². The maximum Gasteiger partial charge on any atom is 0.224 e. The van der Waals surface area contributed by atoms with E-state index >= 15 is 0 Å². The van der Waals surface area contributed by atoms with Gasteiger partial charge >= 0.3 is 0 Å². The Kier molecular flexibility index (Phi) is 5.71. The summed E-state index contributed by atoms with van der Waals surface area (Å²) >= 11 is 0. The lowest BCUT2D eigenvalue weighted by atomic mass is 10.1. The summed E-state index contributed by atoms with van der Waals surface area (Å²) in [6, 6.07) is 15.8. The predicted molar refractivity (Wildman–Crippen MR) is 110 cm³/mol. The van der Waals surface area contributed by atoms with Crippen LogP contribution < -0.4 is 10.1 Å². The summed E-state index contributed by atoms with van der Waals surface area (Å²) in [5.41, 5.74) is 2.80. The van der Waals surface area contributed by atoms with Crippen LogP contribution in [-0.4, -0.2) is 21.6 Å². The van der Waals surface area contributed by atoms with E-state index in [1.807, 2.05) is 53.2 Å². The van der Waals surface area contributed by atoms with Gasteiger partial charge in [-0.15, -0.1) is 0 Å². The number of aromatic nitrogens is 2. The molecule has 1 heterocycles. The van der Waals surface area contributed by atoms with Crippen LogP contribution in [-0.2, 0) is 11.2 Å². The van der Waals surface area contributed by atoms with Gasteiger partial charge in [0.2, 0.25) is 5.91 Å². The highest BCUT2D eigenvalue weighted by Crippen LogP contribution is 2.25. The van der Waals surface area contributed by atoms with Gasteiger partial charge in [0.1, 0.15) is 5.75 Å². The van der Waals surface area contributed by atoms with Gasteiger partial charge in [0.25, 0.3) is 0 Å². The maximum atomic E-state index is 12.5. The number of hydrogen-bond acceptors (Lipinski definition) is 3. The first kappa shape index (κ1) is 18.3. The van der Waals surface area contributed by atoms with Crippen molar-refractivity contribution >= 4 is 11.6 Å². The number of benzene rings is 2. The van der Waals surface area contributed by atoms with E-state index in [-0.39, 0.29) is 5.91 Å². The second-order valence-corrected chi connectivity index (χ2v) is 7.21. The minimum absolute atomic E-state index is 0.00493. The summed E-state index contributed by atoms with van der Waals surface area (Å²) in [7, 11) is 0. The number of nitrogens with zero attached hydrogens (tertiary/aromatic N) is 2. The fourth-order valence-corrected chi connectivity index (χ4v) is 3.65. The maximum absolute atomic E-state index is 12.5. The molecule has 2 aromatic carbocycles. The van der Waals surface area contributed by atoms with Crippen LogP contribution in [0.4, 0.5) is 5.69 Å². The Morgan fingerprint density at radius 1 is 1.14 bits per heavy atom. The molecule has 28 heavy (non-hydrogen) atoms. The molecule has 0 unspecified atom stereocenters. The summed E-state index contributed by atoms with van der Waals surface area (Å²) in [6.45, 7) is 0. The van der Waals surface area contributed by atoms with Crippen molar-refractivity contribution in [1.29, 1.82) is 0 Å². The molecule has 1 aliphatic rings. The first-order chi connectivity index (χ1) is 13.8. The van der Waals surface area contributed by atoms with E-state index in [1.165, 1.54) is 12.8 Å². The molecule has 0 radical (unpaired) electrons. The third kappa shape index (κ3) is 4.60. The number of amides is 1. The van der Waals surface area contributed by atoms with Crippen molar-refractivity contribution in [3.63, 3.8) is 0 Å². The number of rotatable bonds is 7. The Morgan fingerprint density at radius 2 is 2.00 bits per heavy atom. The molecule has 1 saturated carbocycles. The number of para-hydroxylation sites is 2. The van der Waals surface area contributed by atoms with Crippen molar-refractivity contribution in [2.45, 2.75) is 44.6 Å². The fraction of sp³-hybridized carbons (Fsp3) is 0.304. The molecule has 0 aliphatic heterocycles. The van der Waals surface area contributed by atoms with E-state index in [9.17, 15) is 4.79 Å². The normalized spacial score (nSPS) is 14.1. The molecule has 0 saturated heterocycles. The average molecular weight is 375 g/mol. The van der Waals surface area contributed by atoms with Crippen LogP contribution in [0.3, 0.4) is 0 Å². The van der Waals surface area contributed by atoms with Crippen LogP contribution in [0, 0.1) is 0 Å². The van der Waals surface area contributed by atoms with Gasteiger partial charge in [-0.25, -0.2) is 4.98 Å². The quantitative estimate of drug-likeness (QED) is 0.647. The molecule has 1 fully saturated rings. The monoisotopic (exact) mass is 375 g/mol. The van der Waals surface area contributed by atoms with Crippen LogP contribution in [0.1, 0.15) is 37.7 Å². The first-order valence-electron chi connectivity index (χ1n) is 9.91. The van der Waals surface area contributed by atoms with Crippen molar-refractivity contribution in [3.8, 4) is 11.4 Å². The molecule has 144 valence electrons. The summed E-state index contributed by atoms with van der Waals surface area (Å²) < 4.78 is 7.95. The Labute approximate surface area is 165 Å². The van der Waals surface area contributed by atoms with Crippen LogP contribution in [0.25, 0.3) is 5.69 Å². The lowest BCUT2D eigenvalue weighted by Crippen LogP contribution is -2.14. The standard InChI is InChI=1S/C23H25N3O2/c27-23(25-21-10-3-4-11-22(21)26-15-14-24-17-26)13-12-18-6-5-9-20(16-18)28-19-7-1-2-8-19/h3-6,9-11,14-17,19H,1-2,7-8,12-13H2,(H,25,27). The summed E-state index contributed by atoms with van der Waals surface area (Å²) in [5.74, 6) is 0.907. The molecule has 1 amide bonds. The Bertz CT molecular complexity index is 915. The minimum atomic E-state index is -0.00493. The SMILES string of the molecule is O=C(CCc1cccc(OC2CCCC2)c1)Nc1ccccc1-n1ccnc1. The highest BCUT2D eigenvalue weighted by molar-refractivity contribution is 5.92. The van der Waals surface area contributed by atoms with Crippen LogP contribution in [0.15, 0.2) is 67.3 Å². The van der Waals surface area contributed by atoms with E-state index in [0.29, 0.717) is 18.9 Å². The highest BCUT2D eigenvalue weighted by atomic mass is 16.5. The number of nitrogens with one attached hydrogen (secondary N) is 1. The number of hydrogen-bond donors (Lipinski definition) is 1. The minimum Gasteiger partial charge on any atom is -0.490 e. The number of ether oxygens (including phenoxy) is 1. The lowest BCUT2D eigenvalue weighted by Gasteiger charge is -2.14. The third-order valence-corrected chi connectivity index (χ3v) is 5.10. The van der Waals surface area contributed by atoms with Gasteiger partial charge in [-0.2, -0.15) is 0 Å². The fourth-order valence-electron chi connectivity index (χ4n) is 3.65. The van der Waals surface area contributed by atoms with Crippen molar-refractivity contribution in [2.75, 3.05) is 5.32 Å². The second kappa shape index (κ2) is 8.74. The highest BCUT2D eigenvalue weighted by Gasteiger charge is 2.16. The molecule has 0 spiro atoms. The Morgan fingerprint density at radius 3 is 2.82 bits per heavy atom. The van der Waals surface area contributed by atoms with Crippen molar-refractivity contribution in [2.24, 2.45) is 0 Å². The number of carbonyl (C=O) groups is 1. The Balaban J connectivity index is 1.35. The molecule has 0 bridgehead atoms. The Hall–Kier alpha value is -3.08. The molecular formula is C23H25N3O2. The zero-order chi connectivity index (χ0) is 19.2. The summed E-state index contributed by atoms with van der Waals surface area (Å²) in [4.78, 5) is 16.6. The largest absolute Gasteiger partial charge is 0.490 e. The second-order valence-electron chi connectivity index (χ2n) is 7.21. The average Bonchev–Trinajstić information content (AvgIpc) is 3.41.